The quantitative estimate of drug-likeness (QED) is 0.549. The Kier molecular flexibility index (Phi) is 4.08. The first-order valence-electron chi connectivity index (χ1n) is 5.68. The van der Waals surface area contributed by atoms with Crippen LogP contribution in [0.4, 0.5) is 5.82 Å². The summed E-state index contributed by atoms with van der Waals surface area (Å²) in [4.78, 5) is 11.3. The van der Waals surface area contributed by atoms with Crippen LogP contribution in [0.2, 0.25) is 0 Å². The van der Waals surface area contributed by atoms with E-state index in [1.165, 1.54) is 4.52 Å². The summed E-state index contributed by atoms with van der Waals surface area (Å²) in [6.45, 7) is 5.48. The lowest BCUT2D eigenvalue weighted by atomic mass is 10.4. The zero-order valence-corrected chi connectivity index (χ0v) is 9.93. The highest BCUT2D eigenvalue weighted by atomic mass is 16.5. The number of aromatic amines is 1. The number of ether oxygens (including phenoxy) is 1. The van der Waals surface area contributed by atoms with E-state index in [2.05, 4.69) is 27.2 Å². The minimum Gasteiger partial charge on any atom is -0.379 e. The van der Waals surface area contributed by atoms with Gasteiger partial charge in [0.05, 0.1) is 13.2 Å². The number of nitrogens with zero attached hydrogens (tertiary/aromatic N) is 3. The van der Waals surface area contributed by atoms with E-state index in [0.717, 1.165) is 6.42 Å². The van der Waals surface area contributed by atoms with Gasteiger partial charge in [0.2, 0.25) is 0 Å². The third-order valence-electron chi connectivity index (χ3n) is 2.29. The van der Waals surface area contributed by atoms with E-state index in [9.17, 15) is 4.79 Å². The molecular formula is C11H15N5O2. The molecule has 0 aromatic carbocycles. The zero-order chi connectivity index (χ0) is 12.8. The first-order valence-corrected chi connectivity index (χ1v) is 5.68. The average Bonchev–Trinajstić information content (AvgIpc) is 2.75. The van der Waals surface area contributed by atoms with Gasteiger partial charge in [0.25, 0.3) is 0 Å². The number of hydrogen-bond acceptors (Lipinski definition) is 5. The number of nitrogens with one attached hydrogen (secondary N) is 2. The van der Waals surface area contributed by atoms with Gasteiger partial charge < -0.3 is 10.1 Å². The summed E-state index contributed by atoms with van der Waals surface area (Å²) in [6, 6.07) is 3.48. The summed E-state index contributed by atoms with van der Waals surface area (Å²) in [5.41, 5.74) is 0.142. The Morgan fingerprint density at radius 3 is 3.22 bits per heavy atom. The number of hydrogen-bond donors (Lipinski definition) is 2. The van der Waals surface area contributed by atoms with Crippen molar-refractivity contribution in [2.45, 2.75) is 6.42 Å². The van der Waals surface area contributed by atoms with E-state index >= 15 is 0 Å². The van der Waals surface area contributed by atoms with E-state index in [-0.39, 0.29) is 5.69 Å². The van der Waals surface area contributed by atoms with Crippen LogP contribution in [-0.4, -0.2) is 39.6 Å². The fourth-order valence-electron chi connectivity index (χ4n) is 1.42. The van der Waals surface area contributed by atoms with Gasteiger partial charge in [0.15, 0.2) is 5.65 Å². The third-order valence-corrected chi connectivity index (χ3v) is 2.29. The highest BCUT2D eigenvalue weighted by Gasteiger charge is 2.01. The van der Waals surface area contributed by atoms with Crippen LogP contribution in [0.3, 0.4) is 0 Å². The molecule has 0 radical (unpaired) electrons. The lowest BCUT2D eigenvalue weighted by Crippen LogP contribution is -2.16. The molecule has 0 amide bonds. The Labute approximate surface area is 103 Å². The van der Waals surface area contributed by atoms with Crippen molar-refractivity contribution < 1.29 is 4.74 Å². The maximum Gasteiger partial charge on any atom is 0.364 e. The molecule has 0 atom stereocenters. The zero-order valence-electron chi connectivity index (χ0n) is 9.93. The van der Waals surface area contributed by atoms with Crippen LogP contribution in [0.1, 0.15) is 6.42 Å². The SMILES string of the molecule is C=CCCOCCNc1ccc2n[nH]c(=O)n2n1. The molecule has 0 saturated heterocycles. The molecule has 0 unspecified atom stereocenters. The minimum absolute atomic E-state index is 0.351. The minimum atomic E-state index is -0.351. The summed E-state index contributed by atoms with van der Waals surface area (Å²) >= 11 is 0. The second-order valence-electron chi connectivity index (χ2n) is 3.63. The van der Waals surface area contributed by atoms with Gasteiger partial charge in [-0.1, -0.05) is 6.08 Å². The monoisotopic (exact) mass is 249 g/mol. The molecule has 0 bridgehead atoms. The fraction of sp³-hybridized carbons (Fsp3) is 0.364. The van der Waals surface area contributed by atoms with Crippen LogP contribution in [0.15, 0.2) is 29.6 Å². The summed E-state index contributed by atoms with van der Waals surface area (Å²) < 4.78 is 6.55. The largest absolute Gasteiger partial charge is 0.379 e. The van der Waals surface area contributed by atoms with Crippen molar-refractivity contribution in [3.63, 3.8) is 0 Å². The number of aromatic nitrogens is 4. The van der Waals surface area contributed by atoms with Crippen LogP contribution in [0, 0.1) is 0 Å². The summed E-state index contributed by atoms with van der Waals surface area (Å²) in [5.74, 6) is 0.610. The first kappa shape index (κ1) is 12.3. The topological polar surface area (TPSA) is 84.3 Å². The molecule has 7 heteroatoms. The molecule has 2 rings (SSSR count). The molecule has 96 valence electrons. The maximum atomic E-state index is 11.3. The number of fused-ring (bicyclic) bond motifs is 1. The molecular weight excluding hydrogens is 234 g/mol. The highest BCUT2D eigenvalue weighted by molar-refractivity contribution is 5.42. The van der Waals surface area contributed by atoms with Crippen LogP contribution >= 0.6 is 0 Å². The molecule has 0 spiro atoms. The predicted molar refractivity (Wildman–Crippen MR) is 67.7 cm³/mol. The van der Waals surface area contributed by atoms with Crippen LogP contribution < -0.4 is 11.0 Å². The van der Waals surface area contributed by atoms with Gasteiger partial charge >= 0.3 is 5.69 Å². The van der Waals surface area contributed by atoms with Gasteiger partial charge in [-0.15, -0.1) is 11.7 Å². The molecule has 0 aliphatic rings. The molecule has 2 aromatic rings. The van der Waals surface area contributed by atoms with Crippen molar-refractivity contribution in [1.82, 2.24) is 19.8 Å². The van der Waals surface area contributed by atoms with Crippen molar-refractivity contribution in [3.8, 4) is 0 Å². The van der Waals surface area contributed by atoms with Crippen molar-refractivity contribution in [3.05, 3.63) is 35.3 Å². The number of anilines is 1. The van der Waals surface area contributed by atoms with Gasteiger partial charge in [-0.2, -0.15) is 9.61 Å². The van der Waals surface area contributed by atoms with Crippen molar-refractivity contribution >= 4 is 11.5 Å². The van der Waals surface area contributed by atoms with Crippen molar-refractivity contribution in [1.29, 1.82) is 0 Å². The van der Waals surface area contributed by atoms with Gasteiger partial charge in [-0.25, -0.2) is 9.89 Å². The van der Waals surface area contributed by atoms with E-state index < -0.39 is 0 Å². The Morgan fingerprint density at radius 2 is 2.39 bits per heavy atom. The van der Waals surface area contributed by atoms with E-state index in [4.69, 9.17) is 4.74 Å². The lowest BCUT2D eigenvalue weighted by Gasteiger charge is -2.05. The number of H-pyrrole nitrogens is 1. The van der Waals surface area contributed by atoms with Crippen LogP contribution in [-0.2, 0) is 4.74 Å². The fourth-order valence-corrected chi connectivity index (χ4v) is 1.42. The molecule has 0 aliphatic heterocycles. The highest BCUT2D eigenvalue weighted by Crippen LogP contribution is 2.01. The number of rotatable bonds is 7. The summed E-state index contributed by atoms with van der Waals surface area (Å²) in [5, 5.41) is 13.3. The molecule has 0 saturated carbocycles. The van der Waals surface area contributed by atoms with E-state index in [0.29, 0.717) is 31.2 Å². The lowest BCUT2D eigenvalue weighted by molar-refractivity contribution is 0.149. The van der Waals surface area contributed by atoms with Crippen LogP contribution in [0.5, 0.6) is 0 Å². The molecule has 18 heavy (non-hydrogen) atoms. The Hall–Kier alpha value is -2.15. The van der Waals surface area contributed by atoms with E-state index in [1.54, 1.807) is 12.1 Å². The summed E-state index contributed by atoms with van der Waals surface area (Å²) in [7, 11) is 0. The molecule has 2 N–H and O–H groups in total. The van der Waals surface area contributed by atoms with Crippen molar-refractivity contribution in [2.24, 2.45) is 0 Å². The Balaban J connectivity index is 1.86. The smallest absolute Gasteiger partial charge is 0.364 e. The Morgan fingerprint density at radius 1 is 1.50 bits per heavy atom. The predicted octanol–water partition coefficient (Wildman–Crippen LogP) is 0.422. The summed E-state index contributed by atoms with van der Waals surface area (Å²) in [6.07, 6.45) is 2.66. The van der Waals surface area contributed by atoms with Gasteiger partial charge in [0.1, 0.15) is 5.82 Å². The second-order valence-corrected chi connectivity index (χ2v) is 3.63. The molecule has 0 fully saturated rings. The maximum absolute atomic E-state index is 11.3. The first-order chi connectivity index (χ1) is 8.81. The van der Waals surface area contributed by atoms with Gasteiger partial charge in [-0.05, 0) is 18.6 Å². The second kappa shape index (κ2) is 5.97. The standard InChI is InChI=1S/C11H15N5O2/c1-2-3-7-18-8-6-12-9-4-5-10-13-14-11(17)16(10)15-9/h2,4-5H,1,3,6-8H2,(H,12,15)(H,14,17). The van der Waals surface area contributed by atoms with Crippen molar-refractivity contribution in [2.75, 3.05) is 25.1 Å². The van der Waals surface area contributed by atoms with Gasteiger partial charge in [0, 0.05) is 6.54 Å². The molecule has 7 nitrogen and oxygen atoms in total. The van der Waals surface area contributed by atoms with E-state index in [1.807, 2.05) is 6.08 Å². The molecule has 0 aliphatic carbocycles. The average molecular weight is 249 g/mol. The Bertz CT molecular complexity index is 574. The molecule has 2 aromatic heterocycles. The molecule has 2 heterocycles. The van der Waals surface area contributed by atoms with Gasteiger partial charge in [-0.3, -0.25) is 0 Å². The third kappa shape index (κ3) is 2.95. The normalized spacial score (nSPS) is 10.7. The van der Waals surface area contributed by atoms with Crippen LogP contribution in [0.25, 0.3) is 5.65 Å².